The molecule has 0 bridgehead atoms. The minimum atomic E-state index is -0.519. The smallest absolute Gasteiger partial charge is 0.227 e. The van der Waals surface area contributed by atoms with Gasteiger partial charge in [0.05, 0.1) is 12.1 Å². The fourth-order valence-corrected chi connectivity index (χ4v) is 4.98. The SMILES string of the molecule is CNC[C@@H](O)[C@H](c1ccccc1)N1CCc2cc(NC(=O)C3CCCCC3)ccc21. The highest BCUT2D eigenvalue weighted by Crippen LogP contribution is 2.38. The van der Waals surface area contributed by atoms with Crippen LogP contribution in [0.5, 0.6) is 0 Å². The maximum absolute atomic E-state index is 12.6. The average Bonchev–Trinajstić information content (AvgIpc) is 3.18. The summed E-state index contributed by atoms with van der Waals surface area (Å²) in [6, 6.07) is 16.3. The molecule has 0 radical (unpaired) electrons. The summed E-state index contributed by atoms with van der Waals surface area (Å²) < 4.78 is 0. The molecule has 0 aromatic heterocycles. The first-order chi connectivity index (χ1) is 14.7. The molecule has 1 saturated carbocycles. The van der Waals surface area contributed by atoms with E-state index in [1.165, 1.54) is 12.0 Å². The van der Waals surface area contributed by atoms with Crippen molar-refractivity contribution < 1.29 is 9.90 Å². The van der Waals surface area contributed by atoms with Crippen LogP contribution in [0.25, 0.3) is 0 Å². The third-order valence-electron chi connectivity index (χ3n) is 6.51. The lowest BCUT2D eigenvalue weighted by molar-refractivity contribution is -0.120. The predicted molar refractivity (Wildman–Crippen MR) is 122 cm³/mol. The number of fused-ring (bicyclic) bond motifs is 1. The van der Waals surface area contributed by atoms with Gasteiger partial charge >= 0.3 is 0 Å². The second-order valence-corrected chi connectivity index (χ2v) is 8.59. The van der Waals surface area contributed by atoms with Crippen LogP contribution in [0.4, 0.5) is 11.4 Å². The molecule has 1 aliphatic heterocycles. The Bertz CT molecular complexity index is 849. The number of nitrogens with one attached hydrogen (secondary N) is 2. The Morgan fingerprint density at radius 3 is 2.63 bits per heavy atom. The van der Waals surface area contributed by atoms with E-state index in [2.05, 4.69) is 39.8 Å². The van der Waals surface area contributed by atoms with Gasteiger partial charge in [-0.25, -0.2) is 0 Å². The Morgan fingerprint density at radius 1 is 1.13 bits per heavy atom. The van der Waals surface area contributed by atoms with Crippen molar-refractivity contribution in [3.05, 3.63) is 59.7 Å². The van der Waals surface area contributed by atoms with Gasteiger partial charge in [0.25, 0.3) is 0 Å². The first kappa shape index (κ1) is 20.9. The Balaban J connectivity index is 1.53. The number of hydrogen-bond donors (Lipinski definition) is 3. The van der Waals surface area contributed by atoms with Gasteiger partial charge in [0.2, 0.25) is 5.91 Å². The second-order valence-electron chi connectivity index (χ2n) is 8.59. The molecule has 1 fully saturated rings. The minimum absolute atomic E-state index is 0.109. The predicted octanol–water partition coefficient (Wildman–Crippen LogP) is 3.89. The number of hydrogen-bond acceptors (Lipinski definition) is 4. The summed E-state index contributed by atoms with van der Waals surface area (Å²) in [5, 5.41) is 17.2. The normalized spacial score (nSPS) is 18.7. The number of aliphatic hydroxyl groups excluding tert-OH is 1. The maximum Gasteiger partial charge on any atom is 0.227 e. The summed E-state index contributed by atoms with van der Waals surface area (Å²) in [6.45, 7) is 1.39. The van der Waals surface area contributed by atoms with Crippen LogP contribution in [-0.2, 0) is 11.2 Å². The number of aliphatic hydroxyl groups is 1. The Hall–Kier alpha value is -2.37. The third-order valence-corrected chi connectivity index (χ3v) is 6.51. The number of carbonyl (C=O) groups is 1. The van der Waals surface area contributed by atoms with Crippen LogP contribution in [0.15, 0.2) is 48.5 Å². The number of nitrogens with zero attached hydrogens (tertiary/aromatic N) is 1. The molecule has 0 spiro atoms. The third kappa shape index (κ3) is 4.52. The summed E-state index contributed by atoms with van der Waals surface area (Å²) in [5.41, 5.74) is 4.38. The van der Waals surface area contributed by atoms with Crippen molar-refractivity contribution in [3.63, 3.8) is 0 Å². The van der Waals surface area contributed by atoms with Crippen LogP contribution in [0.2, 0.25) is 0 Å². The molecule has 0 unspecified atom stereocenters. The van der Waals surface area contributed by atoms with E-state index < -0.39 is 6.10 Å². The van der Waals surface area contributed by atoms with Gasteiger partial charge in [-0.3, -0.25) is 4.79 Å². The van der Waals surface area contributed by atoms with Crippen molar-refractivity contribution in [1.29, 1.82) is 0 Å². The molecule has 2 aliphatic rings. The lowest BCUT2D eigenvalue weighted by Crippen LogP contribution is -2.40. The number of anilines is 2. The van der Waals surface area contributed by atoms with Gasteiger partial charge < -0.3 is 20.6 Å². The number of benzene rings is 2. The van der Waals surface area contributed by atoms with Gasteiger partial charge in [0, 0.05) is 30.4 Å². The first-order valence-corrected chi connectivity index (χ1v) is 11.3. The van der Waals surface area contributed by atoms with Crippen molar-refractivity contribution in [3.8, 4) is 0 Å². The first-order valence-electron chi connectivity index (χ1n) is 11.3. The minimum Gasteiger partial charge on any atom is -0.389 e. The molecule has 5 heteroatoms. The zero-order chi connectivity index (χ0) is 20.9. The molecular formula is C25H33N3O2. The van der Waals surface area contributed by atoms with Crippen LogP contribution in [0.1, 0.15) is 49.3 Å². The van der Waals surface area contributed by atoms with E-state index in [0.29, 0.717) is 6.54 Å². The van der Waals surface area contributed by atoms with Gasteiger partial charge in [-0.15, -0.1) is 0 Å². The van der Waals surface area contributed by atoms with Gasteiger partial charge in [0.15, 0.2) is 0 Å². The molecule has 0 saturated heterocycles. The van der Waals surface area contributed by atoms with Crippen LogP contribution >= 0.6 is 0 Å². The molecule has 2 aromatic carbocycles. The molecule has 4 rings (SSSR count). The quantitative estimate of drug-likeness (QED) is 0.652. The van der Waals surface area contributed by atoms with Crippen molar-refractivity contribution in [2.24, 2.45) is 5.92 Å². The number of rotatable bonds is 7. The Morgan fingerprint density at radius 2 is 1.90 bits per heavy atom. The van der Waals surface area contributed by atoms with Crippen LogP contribution < -0.4 is 15.5 Å². The van der Waals surface area contributed by atoms with Crippen molar-refractivity contribution >= 4 is 17.3 Å². The molecule has 2 atom stereocenters. The number of likely N-dealkylation sites (N-methyl/N-ethyl adjacent to an activating group) is 1. The molecular weight excluding hydrogens is 374 g/mol. The molecule has 30 heavy (non-hydrogen) atoms. The van der Waals surface area contributed by atoms with Gasteiger partial charge in [0.1, 0.15) is 0 Å². The zero-order valence-electron chi connectivity index (χ0n) is 17.8. The van der Waals surface area contributed by atoms with Gasteiger partial charge in [-0.2, -0.15) is 0 Å². The van der Waals surface area contributed by atoms with E-state index in [9.17, 15) is 9.90 Å². The molecule has 1 amide bonds. The fraction of sp³-hybridized carbons (Fsp3) is 0.480. The Kier molecular flexibility index (Phi) is 6.70. The molecule has 2 aromatic rings. The van der Waals surface area contributed by atoms with E-state index in [1.54, 1.807) is 0 Å². The summed E-state index contributed by atoms with van der Waals surface area (Å²) in [4.78, 5) is 14.9. The highest BCUT2D eigenvalue weighted by molar-refractivity contribution is 5.93. The number of amides is 1. The summed E-state index contributed by atoms with van der Waals surface area (Å²) in [5.74, 6) is 0.318. The maximum atomic E-state index is 12.6. The summed E-state index contributed by atoms with van der Waals surface area (Å²) in [7, 11) is 1.87. The van der Waals surface area contributed by atoms with E-state index in [4.69, 9.17) is 0 Å². The monoisotopic (exact) mass is 407 g/mol. The van der Waals surface area contributed by atoms with Crippen molar-refractivity contribution in [2.45, 2.75) is 50.7 Å². The molecule has 5 nitrogen and oxygen atoms in total. The van der Waals surface area contributed by atoms with Crippen molar-refractivity contribution in [2.75, 3.05) is 30.4 Å². The van der Waals surface area contributed by atoms with Crippen LogP contribution in [-0.4, -0.2) is 37.3 Å². The van der Waals surface area contributed by atoms with Crippen LogP contribution in [0, 0.1) is 5.92 Å². The summed E-state index contributed by atoms with van der Waals surface area (Å²) >= 11 is 0. The standard InChI is InChI=1S/C25H33N3O2/c1-26-17-23(29)24(18-8-4-2-5-9-18)28-15-14-20-16-21(12-13-22(20)28)27-25(30)19-10-6-3-7-11-19/h2,4-5,8-9,12-13,16,19,23-24,26,29H,3,6-7,10-11,14-15,17H2,1H3,(H,27,30)/t23-,24+/m1/s1. The largest absolute Gasteiger partial charge is 0.389 e. The Labute approximate surface area is 179 Å². The summed E-state index contributed by atoms with van der Waals surface area (Å²) in [6.07, 6.45) is 5.98. The fourth-order valence-electron chi connectivity index (χ4n) is 4.98. The molecule has 1 heterocycles. The average molecular weight is 408 g/mol. The lowest BCUT2D eigenvalue weighted by atomic mass is 9.88. The van der Waals surface area contributed by atoms with E-state index in [0.717, 1.165) is 55.6 Å². The second kappa shape index (κ2) is 9.63. The van der Waals surface area contributed by atoms with E-state index in [1.807, 2.05) is 31.3 Å². The van der Waals surface area contributed by atoms with E-state index >= 15 is 0 Å². The topological polar surface area (TPSA) is 64.6 Å². The lowest BCUT2D eigenvalue weighted by Gasteiger charge is -2.34. The molecule has 160 valence electrons. The highest BCUT2D eigenvalue weighted by atomic mass is 16.3. The number of carbonyl (C=O) groups excluding carboxylic acids is 1. The van der Waals surface area contributed by atoms with Crippen molar-refractivity contribution in [1.82, 2.24) is 5.32 Å². The van der Waals surface area contributed by atoms with Crippen LogP contribution in [0.3, 0.4) is 0 Å². The van der Waals surface area contributed by atoms with Gasteiger partial charge in [-0.1, -0.05) is 49.6 Å². The van der Waals surface area contributed by atoms with E-state index in [-0.39, 0.29) is 17.9 Å². The zero-order valence-corrected chi connectivity index (χ0v) is 17.8. The molecule has 1 aliphatic carbocycles. The molecule has 3 N–H and O–H groups in total. The van der Waals surface area contributed by atoms with Gasteiger partial charge in [-0.05, 0) is 55.6 Å². The highest BCUT2D eigenvalue weighted by Gasteiger charge is 2.32.